The zero-order chi connectivity index (χ0) is 47.8. The van der Waals surface area contributed by atoms with E-state index in [1.54, 1.807) is 11.8 Å². The molecular weight excluding hydrogens is 849 g/mol. The van der Waals surface area contributed by atoms with Gasteiger partial charge in [-0.2, -0.15) is 0 Å². The van der Waals surface area contributed by atoms with Gasteiger partial charge in [0.25, 0.3) is 0 Å². The van der Waals surface area contributed by atoms with Crippen LogP contribution in [0.3, 0.4) is 0 Å². The van der Waals surface area contributed by atoms with Crippen molar-refractivity contribution in [1.29, 1.82) is 0 Å². The third-order valence-electron chi connectivity index (χ3n) is 13.1. The van der Waals surface area contributed by atoms with Gasteiger partial charge in [0.1, 0.15) is 0 Å². The lowest BCUT2D eigenvalue weighted by Gasteiger charge is -2.35. The molecule has 0 unspecified atom stereocenters. The topological polar surface area (TPSA) is 0 Å². The Bertz CT molecular complexity index is 2980. The van der Waals surface area contributed by atoms with Crippen LogP contribution in [0.15, 0.2) is 259 Å². The van der Waals surface area contributed by atoms with E-state index in [2.05, 4.69) is 246 Å². The van der Waals surface area contributed by atoms with Crippen LogP contribution in [0.5, 0.6) is 0 Å². The Labute approximate surface area is 417 Å². The van der Waals surface area contributed by atoms with Crippen molar-refractivity contribution < 1.29 is 0 Å². The molecule has 0 bridgehead atoms. The van der Waals surface area contributed by atoms with Crippen molar-refractivity contribution in [1.82, 2.24) is 0 Å². The minimum Gasteiger partial charge on any atom is -0.129 e. The van der Waals surface area contributed by atoms with Crippen LogP contribution in [-0.2, 0) is 11.8 Å². The van der Waals surface area contributed by atoms with Crippen LogP contribution >= 0.6 is 11.8 Å². The Balaban J connectivity index is 0.000000145. The maximum Gasteiger partial charge on any atom is 0.0710 e. The van der Waals surface area contributed by atoms with Crippen LogP contribution < -0.4 is 0 Å². The molecule has 0 spiro atoms. The molecule has 11 rings (SSSR count). The highest BCUT2D eigenvalue weighted by atomic mass is 32.2. The predicted octanol–water partition coefficient (Wildman–Crippen LogP) is 18.8. The van der Waals surface area contributed by atoms with Crippen LogP contribution in [0.2, 0.25) is 0 Å². The predicted molar refractivity (Wildman–Crippen MR) is 300 cm³/mol. The van der Waals surface area contributed by atoms with Gasteiger partial charge in [-0.1, -0.05) is 267 Å². The van der Waals surface area contributed by atoms with Gasteiger partial charge < -0.3 is 0 Å². The number of rotatable bonds is 8. The fourth-order valence-electron chi connectivity index (χ4n) is 9.67. The number of thioether (sulfide) groups is 1. The van der Waals surface area contributed by atoms with Gasteiger partial charge >= 0.3 is 0 Å². The minimum absolute atomic E-state index is 0.214. The van der Waals surface area contributed by atoms with Crippen molar-refractivity contribution in [3.63, 3.8) is 0 Å². The van der Waals surface area contributed by atoms with Gasteiger partial charge in [0.15, 0.2) is 0 Å². The number of hydrogen-bond acceptors (Lipinski definition) is 1. The molecule has 2 aliphatic carbocycles. The molecule has 0 saturated carbocycles. The SMILES string of the molecule is CCCc1ccc2c(c1)C(c1ccccc1)(c1ccccc1)C1=C2CCC=C1.CSc1ccccc1-c1ccc(-c2ccc(C)cc2)c(-c2ccccc2)c1.Cc1ccc(C)cc1.c1ccccc1. The van der Waals surface area contributed by atoms with Crippen molar-refractivity contribution >= 4 is 17.3 Å². The van der Waals surface area contributed by atoms with Gasteiger partial charge in [-0.3, -0.25) is 0 Å². The van der Waals surface area contributed by atoms with E-state index in [0.29, 0.717) is 0 Å². The van der Waals surface area contributed by atoms with Crippen molar-refractivity contribution in [3.8, 4) is 33.4 Å². The number of fused-ring (bicyclic) bond motifs is 2. The zero-order valence-corrected chi connectivity index (χ0v) is 41.7. The summed E-state index contributed by atoms with van der Waals surface area (Å²) in [6, 6.07) is 84.8. The maximum atomic E-state index is 2.49. The first kappa shape index (κ1) is 48.3. The summed E-state index contributed by atoms with van der Waals surface area (Å²) in [5.41, 5.74) is 21.4. The first-order valence-electron chi connectivity index (χ1n) is 24.5. The summed E-state index contributed by atoms with van der Waals surface area (Å²) in [5, 5.41) is 0. The van der Waals surface area contributed by atoms with E-state index in [1.165, 1.54) is 100 Å². The number of benzene rings is 9. The molecule has 0 heterocycles. The van der Waals surface area contributed by atoms with Crippen LogP contribution in [-0.4, -0.2) is 6.26 Å². The molecule has 0 amide bonds. The molecule has 2 aliphatic rings. The molecule has 69 heavy (non-hydrogen) atoms. The Morgan fingerprint density at radius 2 is 0.913 bits per heavy atom. The third kappa shape index (κ3) is 11.4. The second-order valence-corrected chi connectivity index (χ2v) is 18.8. The van der Waals surface area contributed by atoms with Gasteiger partial charge in [0.2, 0.25) is 0 Å². The third-order valence-corrected chi connectivity index (χ3v) is 13.9. The minimum atomic E-state index is -0.214. The van der Waals surface area contributed by atoms with Crippen molar-refractivity contribution in [2.75, 3.05) is 6.26 Å². The zero-order valence-electron chi connectivity index (χ0n) is 40.9. The lowest BCUT2D eigenvalue weighted by atomic mass is 9.66. The molecule has 0 nitrogen and oxygen atoms in total. The molecular formula is C68H64S. The highest BCUT2D eigenvalue weighted by Crippen LogP contribution is 2.57. The van der Waals surface area contributed by atoms with E-state index in [9.17, 15) is 0 Å². The molecule has 0 N–H and O–H groups in total. The van der Waals surface area contributed by atoms with Crippen molar-refractivity contribution in [2.24, 2.45) is 0 Å². The summed E-state index contributed by atoms with van der Waals surface area (Å²) < 4.78 is 0. The maximum absolute atomic E-state index is 2.49. The van der Waals surface area contributed by atoms with Crippen LogP contribution in [0, 0.1) is 20.8 Å². The number of hydrogen-bond donors (Lipinski definition) is 0. The van der Waals surface area contributed by atoms with Crippen LogP contribution in [0.4, 0.5) is 0 Å². The first-order chi connectivity index (χ1) is 33.9. The molecule has 0 fully saturated rings. The van der Waals surface area contributed by atoms with Gasteiger partial charge in [-0.15, -0.1) is 11.8 Å². The summed E-state index contributed by atoms with van der Waals surface area (Å²) in [7, 11) is 0. The fourth-order valence-corrected chi connectivity index (χ4v) is 10.3. The molecule has 0 atom stereocenters. The lowest BCUT2D eigenvalue weighted by Crippen LogP contribution is -2.29. The average Bonchev–Trinajstić information content (AvgIpc) is 3.72. The first-order valence-corrected chi connectivity index (χ1v) is 25.7. The molecule has 9 aromatic rings. The van der Waals surface area contributed by atoms with Gasteiger partial charge in [-0.25, -0.2) is 0 Å². The molecule has 0 aliphatic heterocycles. The number of allylic oxidation sites excluding steroid dienone is 4. The van der Waals surface area contributed by atoms with Crippen LogP contribution in [0.1, 0.15) is 70.7 Å². The molecule has 0 radical (unpaired) electrons. The summed E-state index contributed by atoms with van der Waals surface area (Å²) >= 11 is 1.79. The van der Waals surface area contributed by atoms with Gasteiger partial charge in [0.05, 0.1) is 5.41 Å². The van der Waals surface area contributed by atoms with E-state index in [-0.39, 0.29) is 5.41 Å². The van der Waals surface area contributed by atoms with Crippen molar-refractivity contribution in [3.05, 3.63) is 299 Å². The van der Waals surface area contributed by atoms with Gasteiger partial charge in [-0.05, 0) is 131 Å². The van der Waals surface area contributed by atoms with E-state index in [0.717, 1.165) is 19.3 Å². The highest BCUT2D eigenvalue weighted by Gasteiger charge is 2.47. The Morgan fingerprint density at radius 3 is 1.48 bits per heavy atom. The van der Waals surface area contributed by atoms with E-state index in [1.807, 2.05) is 36.4 Å². The molecule has 0 saturated heterocycles. The van der Waals surface area contributed by atoms with Gasteiger partial charge in [0, 0.05) is 4.90 Å². The Kier molecular flexibility index (Phi) is 16.6. The molecule has 9 aromatic carbocycles. The van der Waals surface area contributed by atoms with Crippen molar-refractivity contribution in [2.45, 2.75) is 63.7 Å². The smallest absolute Gasteiger partial charge is 0.0710 e. The lowest BCUT2D eigenvalue weighted by molar-refractivity contribution is 0.753. The quantitative estimate of drug-likeness (QED) is 0.137. The standard InChI is InChI=1S/C28H26.C26H22S.C8H10.C6H6/c1-2-11-21-18-19-25-24-16-9-10-17-26(24)28(27(25)20-21,22-12-5-3-6-13-22)23-14-7-4-8-15-23;1-19-12-14-21(15-13-19)23-17-16-22(24-10-6-7-11-26(24)27-2)18-25(23)20-8-4-3-5-9-20;1-7-3-5-8(2)6-4-7;1-2-4-6-5-3-1/h3-8,10,12-15,17-20H,2,9,11,16H2,1H3;3-18H,1-2H3;3-6H,1-2H3;1-6H. The number of aryl methyl sites for hydroxylation is 4. The largest absolute Gasteiger partial charge is 0.129 e. The average molecular weight is 913 g/mol. The van der Waals surface area contributed by atoms with E-state index in [4.69, 9.17) is 0 Å². The normalized spacial score (nSPS) is 12.8. The van der Waals surface area contributed by atoms with E-state index >= 15 is 0 Å². The molecule has 1 heteroatoms. The highest BCUT2D eigenvalue weighted by molar-refractivity contribution is 7.98. The Morgan fingerprint density at radius 1 is 0.435 bits per heavy atom. The molecule has 342 valence electrons. The summed E-state index contributed by atoms with van der Waals surface area (Å²) in [6.07, 6.45) is 11.5. The molecule has 0 aromatic heterocycles. The Hall–Kier alpha value is -7.19. The summed E-state index contributed by atoms with van der Waals surface area (Å²) in [6.45, 7) is 8.59. The summed E-state index contributed by atoms with van der Waals surface area (Å²) in [5.74, 6) is 0. The summed E-state index contributed by atoms with van der Waals surface area (Å²) in [4.78, 5) is 1.31. The second-order valence-electron chi connectivity index (χ2n) is 17.9. The monoisotopic (exact) mass is 912 g/mol. The second kappa shape index (κ2) is 23.7. The van der Waals surface area contributed by atoms with E-state index < -0.39 is 0 Å². The van der Waals surface area contributed by atoms with Crippen LogP contribution in [0.25, 0.3) is 39.0 Å². The fraction of sp³-hybridized carbons (Fsp3) is 0.147.